The van der Waals surface area contributed by atoms with Crippen molar-refractivity contribution in [1.82, 2.24) is 5.43 Å². The van der Waals surface area contributed by atoms with Crippen molar-refractivity contribution in [2.75, 3.05) is 11.5 Å². The molecule has 2 fully saturated rings. The lowest BCUT2D eigenvalue weighted by molar-refractivity contribution is 0.448. The molecule has 2 aliphatic rings. The average Bonchev–Trinajstić information content (AvgIpc) is 3.05. The van der Waals surface area contributed by atoms with Gasteiger partial charge in [0.05, 0.1) is 0 Å². The number of rotatable bonds is 5. The van der Waals surface area contributed by atoms with Crippen molar-refractivity contribution < 1.29 is 0 Å². The van der Waals surface area contributed by atoms with Crippen molar-refractivity contribution in [3.8, 4) is 0 Å². The summed E-state index contributed by atoms with van der Waals surface area (Å²) in [4.78, 5) is 0. The van der Waals surface area contributed by atoms with Gasteiger partial charge in [0.2, 0.25) is 0 Å². The van der Waals surface area contributed by atoms with Crippen LogP contribution in [0.25, 0.3) is 0 Å². The molecule has 1 heterocycles. The maximum Gasteiger partial charge on any atom is 0.0340 e. The van der Waals surface area contributed by atoms with Gasteiger partial charge in [-0.05, 0) is 18.8 Å². The van der Waals surface area contributed by atoms with Crippen molar-refractivity contribution >= 4 is 23.5 Å². The molecule has 2 rings (SSSR count). The van der Waals surface area contributed by atoms with Crippen LogP contribution < -0.4 is 11.3 Å². The third-order valence-electron chi connectivity index (χ3n) is 3.43. The zero-order valence-corrected chi connectivity index (χ0v) is 11.1. The first-order valence-corrected chi connectivity index (χ1v) is 8.10. The summed E-state index contributed by atoms with van der Waals surface area (Å²) in [5.41, 5.74) is 3.05. The van der Waals surface area contributed by atoms with Gasteiger partial charge in [-0.1, -0.05) is 19.8 Å². The molecule has 3 unspecified atom stereocenters. The Balaban J connectivity index is 1.79. The number of hydrogen-bond acceptors (Lipinski definition) is 4. The lowest BCUT2D eigenvalue weighted by atomic mass is 10.0. The van der Waals surface area contributed by atoms with E-state index in [2.05, 4.69) is 35.9 Å². The summed E-state index contributed by atoms with van der Waals surface area (Å²) < 4.78 is 0. The Kier molecular flexibility index (Phi) is 4.68. The molecule has 0 bridgehead atoms. The van der Waals surface area contributed by atoms with E-state index in [0.29, 0.717) is 11.3 Å². The van der Waals surface area contributed by atoms with Gasteiger partial charge in [-0.2, -0.15) is 23.5 Å². The van der Waals surface area contributed by atoms with Crippen molar-refractivity contribution in [3.05, 3.63) is 0 Å². The summed E-state index contributed by atoms with van der Waals surface area (Å²) in [6.45, 7) is 2.35. The zero-order valence-electron chi connectivity index (χ0n) is 9.45. The van der Waals surface area contributed by atoms with Crippen molar-refractivity contribution in [2.45, 2.75) is 49.1 Å². The van der Waals surface area contributed by atoms with Gasteiger partial charge in [-0.15, -0.1) is 0 Å². The monoisotopic (exact) mass is 246 g/mol. The Morgan fingerprint density at radius 3 is 2.67 bits per heavy atom. The molecule has 1 aliphatic heterocycles. The minimum absolute atomic E-state index is 0.526. The predicted molar refractivity (Wildman–Crippen MR) is 71.2 cm³/mol. The molecular weight excluding hydrogens is 224 g/mol. The molecule has 1 aliphatic carbocycles. The van der Waals surface area contributed by atoms with E-state index in [4.69, 9.17) is 5.84 Å². The maximum absolute atomic E-state index is 5.70. The molecule has 3 N–H and O–H groups in total. The normalized spacial score (nSPS) is 34.0. The van der Waals surface area contributed by atoms with E-state index in [1.54, 1.807) is 0 Å². The van der Waals surface area contributed by atoms with Crippen LogP contribution in [0, 0.1) is 5.92 Å². The summed E-state index contributed by atoms with van der Waals surface area (Å²) in [7, 11) is 0. The number of nitrogens with two attached hydrogens (primary N) is 1. The highest BCUT2D eigenvalue weighted by molar-refractivity contribution is 8.07. The Morgan fingerprint density at radius 1 is 1.33 bits per heavy atom. The van der Waals surface area contributed by atoms with E-state index in [1.165, 1.54) is 37.2 Å². The smallest absolute Gasteiger partial charge is 0.0340 e. The molecule has 15 heavy (non-hydrogen) atoms. The first-order chi connectivity index (χ1) is 7.31. The predicted octanol–water partition coefficient (Wildman–Crippen LogP) is 2.25. The van der Waals surface area contributed by atoms with Crippen LogP contribution in [-0.4, -0.2) is 28.0 Å². The molecule has 1 saturated carbocycles. The van der Waals surface area contributed by atoms with E-state index >= 15 is 0 Å². The third kappa shape index (κ3) is 3.55. The standard InChI is InChI=1S/C11H22N2S2/c1-8-11(15-7-6-14-8)10(13-12)5-4-9-2-3-9/h8-11,13H,2-7,12H2,1H3. The highest BCUT2D eigenvalue weighted by atomic mass is 32.2. The summed E-state index contributed by atoms with van der Waals surface area (Å²) in [5, 5.41) is 1.47. The van der Waals surface area contributed by atoms with Gasteiger partial charge in [0.1, 0.15) is 0 Å². The SMILES string of the molecule is CC1SCCSC1C(CCC1CC1)NN. The van der Waals surface area contributed by atoms with Crippen LogP contribution in [0.15, 0.2) is 0 Å². The van der Waals surface area contributed by atoms with Crippen LogP contribution in [-0.2, 0) is 0 Å². The second-order valence-electron chi connectivity index (χ2n) is 4.71. The molecule has 0 radical (unpaired) electrons. The minimum Gasteiger partial charge on any atom is -0.271 e. The second kappa shape index (κ2) is 5.80. The van der Waals surface area contributed by atoms with Crippen LogP contribution >= 0.6 is 23.5 Å². The Labute approximate surface area is 101 Å². The molecule has 0 spiro atoms. The molecule has 0 aromatic carbocycles. The molecule has 88 valence electrons. The Bertz CT molecular complexity index is 197. The molecule has 3 atom stereocenters. The molecule has 2 nitrogen and oxygen atoms in total. The summed E-state index contributed by atoms with van der Waals surface area (Å²) in [6.07, 6.45) is 5.56. The number of nitrogens with one attached hydrogen (secondary N) is 1. The molecule has 0 amide bonds. The van der Waals surface area contributed by atoms with E-state index in [0.717, 1.165) is 11.2 Å². The number of hydrogen-bond donors (Lipinski definition) is 2. The molecule has 0 aromatic heterocycles. The van der Waals surface area contributed by atoms with Crippen molar-refractivity contribution in [3.63, 3.8) is 0 Å². The van der Waals surface area contributed by atoms with Crippen LogP contribution in [0.1, 0.15) is 32.6 Å². The van der Waals surface area contributed by atoms with Crippen molar-refractivity contribution in [1.29, 1.82) is 0 Å². The van der Waals surface area contributed by atoms with E-state index in [-0.39, 0.29) is 0 Å². The summed E-state index contributed by atoms with van der Waals surface area (Å²) in [6, 6.07) is 0.526. The zero-order chi connectivity index (χ0) is 10.7. The lowest BCUT2D eigenvalue weighted by Crippen LogP contribution is -2.47. The molecule has 4 heteroatoms. The van der Waals surface area contributed by atoms with Crippen LogP contribution in [0.2, 0.25) is 0 Å². The van der Waals surface area contributed by atoms with Gasteiger partial charge in [0.25, 0.3) is 0 Å². The van der Waals surface area contributed by atoms with Crippen LogP contribution in [0.4, 0.5) is 0 Å². The fourth-order valence-corrected chi connectivity index (χ4v) is 5.24. The summed E-state index contributed by atoms with van der Waals surface area (Å²) in [5.74, 6) is 9.33. The largest absolute Gasteiger partial charge is 0.271 e. The van der Waals surface area contributed by atoms with Gasteiger partial charge >= 0.3 is 0 Å². The molecular formula is C11H22N2S2. The Hall–Kier alpha value is 0.620. The first kappa shape index (κ1) is 12.1. The molecule has 1 saturated heterocycles. The highest BCUT2D eigenvalue weighted by Crippen LogP contribution is 2.37. The first-order valence-electron chi connectivity index (χ1n) is 6.00. The maximum atomic E-state index is 5.70. The highest BCUT2D eigenvalue weighted by Gasteiger charge is 2.31. The number of thioether (sulfide) groups is 2. The van der Waals surface area contributed by atoms with E-state index < -0.39 is 0 Å². The fourth-order valence-electron chi connectivity index (χ4n) is 2.26. The summed E-state index contributed by atoms with van der Waals surface area (Å²) >= 11 is 4.22. The van der Waals surface area contributed by atoms with Crippen LogP contribution in [0.3, 0.4) is 0 Å². The molecule has 0 aromatic rings. The van der Waals surface area contributed by atoms with Crippen molar-refractivity contribution in [2.24, 2.45) is 11.8 Å². The van der Waals surface area contributed by atoms with Gasteiger partial charge < -0.3 is 0 Å². The fraction of sp³-hybridized carbons (Fsp3) is 1.00. The third-order valence-corrected chi connectivity index (χ3v) is 6.68. The average molecular weight is 246 g/mol. The number of hydrazine groups is 1. The van der Waals surface area contributed by atoms with Gasteiger partial charge in [0, 0.05) is 28.0 Å². The Morgan fingerprint density at radius 2 is 2.07 bits per heavy atom. The van der Waals surface area contributed by atoms with Crippen LogP contribution in [0.5, 0.6) is 0 Å². The van der Waals surface area contributed by atoms with E-state index in [1.807, 2.05) is 0 Å². The lowest BCUT2D eigenvalue weighted by Gasteiger charge is -2.34. The van der Waals surface area contributed by atoms with E-state index in [9.17, 15) is 0 Å². The quantitative estimate of drug-likeness (QED) is 0.576. The minimum atomic E-state index is 0.526. The van der Waals surface area contributed by atoms with Gasteiger partial charge in [-0.3, -0.25) is 11.3 Å². The van der Waals surface area contributed by atoms with Gasteiger partial charge in [-0.25, -0.2) is 0 Å². The second-order valence-corrected chi connectivity index (χ2v) is 7.48. The van der Waals surface area contributed by atoms with Gasteiger partial charge in [0.15, 0.2) is 0 Å². The topological polar surface area (TPSA) is 38.0 Å².